The van der Waals surface area contributed by atoms with Crippen LogP contribution >= 0.6 is 23.1 Å². The number of aromatic hydroxyl groups is 1. The minimum atomic E-state index is -5.08. The van der Waals surface area contributed by atoms with Gasteiger partial charge < -0.3 is 15.9 Å². The lowest BCUT2D eigenvalue weighted by atomic mass is 10.0. The van der Waals surface area contributed by atoms with Crippen LogP contribution in [0.25, 0.3) is 11.1 Å². The van der Waals surface area contributed by atoms with E-state index in [1.807, 2.05) is 0 Å². The van der Waals surface area contributed by atoms with E-state index in [0.717, 1.165) is 11.3 Å². The molecular formula is C21H17F3N2O6S3. The van der Waals surface area contributed by atoms with Crippen LogP contribution in [0.3, 0.4) is 0 Å². The number of phenols is 1. The van der Waals surface area contributed by atoms with Crippen molar-refractivity contribution in [3.8, 4) is 16.9 Å². The molecule has 1 heterocycles. The molecule has 0 aliphatic heterocycles. The van der Waals surface area contributed by atoms with Crippen molar-refractivity contribution in [1.82, 2.24) is 0 Å². The summed E-state index contributed by atoms with van der Waals surface area (Å²) in [5.41, 5.74) is 6.71. The van der Waals surface area contributed by atoms with E-state index in [0.29, 0.717) is 32.1 Å². The van der Waals surface area contributed by atoms with E-state index in [1.165, 1.54) is 48.2 Å². The Morgan fingerprint density at radius 3 is 2.31 bits per heavy atom. The highest BCUT2D eigenvalue weighted by molar-refractivity contribution is 8.01. The van der Waals surface area contributed by atoms with Gasteiger partial charge in [-0.1, -0.05) is 12.1 Å². The van der Waals surface area contributed by atoms with Crippen LogP contribution in [-0.2, 0) is 14.6 Å². The monoisotopic (exact) mass is 546 g/mol. The number of nitrogens with one attached hydrogen (secondary N) is 1. The van der Waals surface area contributed by atoms with Crippen molar-refractivity contribution in [2.45, 2.75) is 20.2 Å². The van der Waals surface area contributed by atoms with Gasteiger partial charge in [-0.2, -0.15) is 13.2 Å². The molecule has 0 saturated carbocycles. The Morgan fingerprint density at radius 1 is 1.17 bits per heavy atom. The van der Waals surface area contributed by atoms with Crippen LogP contribution in [0.15, 0.2) is 62.5 Å². The van der Waals surface area contributed by atoms with Gasteiger partial charge in [-0.25, -0.2) is 13.2 Å². The maximum Gasteiger partial charge on any atom is 0.490 e. The number of halogens is 3. The van der Waals surface area contributed by atoms with E-state index >= 15 is 0 Å². The predicted molar refractivity (Wildman–Crippen MR) is 125 cm³/mol. The molecule has 0 fully saturated rings. The molecule has 0 spiro atoms. The Morgan fingerprint density at radius 2 is 1.80 bits per heavy atom. The van der Waals surface area contributed by atoms with Crippen LogP contribution in [0.2, 0.25) is 0 Å². The maximum atomic E-state index is 13.2. The first kappa shape index (κ1) is 27.9. The summed E-state index contributed by atoms with van der Waals surface area (Å²) in [6.45, 7) is 0. The Kier molecular flexibility index (Phi) is 8.70. The SMILES string of the molecule is CSc1sc(C(=N)N)cc1S(=O)(=O)c1cccc(-c2cc(C=O)ccc2O)c1.O=C(O)C(F)(F)F. The van der Waals surface area contributed by atoms with Gasteiger partial charge in [0.1, 0.15) is 17.9 Å². The summed E-state index contributed by atoms with van der Waals surface area (Å²) in [5, 5.41) is 24.8. The number of alkyl halides is 3. The Balaban J connectivity index is 0.000000540. The second-order valence-electron chi connectivity index (χ2n) is 6.61. The third-order valence-corrected chi connectivity index (χ3v) is 8.60. The van der Waals surface area contributed by atoms with Gasteiger partial charge in [0.25, 0.3) is 0 Å². The Bertz CT molecular complexity index is 1390. The number of carbonyl (C=O) groups is 2. The number of aliphatic carboxylic acids is 1. The first-order chi connectivity index (χ1) is 16.2. The van der Waals surface area contributed by atoms with Crippen molar-refractivity contribution >= 4 is 51.0 Å². The van der Waals surface area contributed by atoms with Crippen LogP contribution in [0.5, 0.6) is 5.75 Å². The molecule has 2 aromatic carbocycles. The minimum absolute atomic E-state index is 0.0455. The third-order valence-electron chi connectivity index (χ3n) is 4.26. The number of carbonyl (C=O) groups excluding carboxylic acids is 1. The van der Waals surface area contributed by atoms with Crippen LogP contribution in [0.1, 0.15) is 15.2 Å². The van der Waals surface area contributed by atoms with Crippen molar-refractivity contribution in [2.75, 3.05) is 6.26 Å². The second kappa shape index (κ2) is 10.9. The summed E-state index contributed by atoms with van der Waals surface area (Å²) in [6, 6.07) is 11.9. The molecule has 0 aliphatic carbocycles. The second-order valence-corrected chi connectivity index (χ2v) is 10.7. The van der Waals surface area contributed by atoms with Crippen molar-refractivity contribution in [3.63, 3.8) is 0 Å². The highest BCUT2D eigenvalue weighted by Crippen LogP contribution is 2.38. The van der Waals surface area contributed by atoms with Gasteiger partial charge >= 0.3 is 12.1 Å². The Labute approximate surface area is 205 Å². The number of carboxylic acids is 1. The summed E-state index contributed by atoms with van der Waals surface area (Å²) < 4.78 is 58.7. The molecule has 0 amide bonds. The van der Waals surface area contributed by atoms with E-state index in [9.17, 15) is 31.5 Å². The van der Waals surface area contributed by atoms with Crippen molar-refractivity contribution in [1.29, 1.82) is 5.41 Å². The molecule has 0 radical (unpaired) electrons. The number of carboxylic acid groups (broad SMARTS) is 1. The van der Waals surface area contributed by atoms with Gasteiger partial charge in [-0.3, -0.25) is 10.2 Å². The predicted octanol–water partition coefficient (Wildman–Crippen LogP) is 4.41. The summed E-state index contributed by atoms with van der Waals surface area (Å²) in [6.07, 6.45) is -2.67. The summed E-state index contributed by atoms with van der Waals surface area (Å²) in [5.74, 6) is -3.00. The number of nitrogens with two attached hydrogens (primary N) is 1. The lowest BCUT2D eigenvalue weighted by molar-refractivity contribution is -0.192. The van der Waals surface area contributed by atoms with Crippen LogP contribution in [0, 0.1) is 5.41 Å². The lowest BCUT2D eigenvalue weighted by Crippen LogP contribution is -2.21. The molecule has 1 aromatic heterocycles. The molecule has 0 bridgehead atoms. The first-order valence-corrected chi connectivity index (χ1v) is 12.7. The molecule has 0 saturated heterocycles. The first-order valence-electron chi connectivity index (χ1n) is 9.18. The molecule has 3 aromatic rings. The summed E-state index contributed by atoms with van der Waals surface area (Å²) in [4.78, 5) is 20.5. The van der Waals surface area contributed by atoms with Crippen LogP contribution in [-0.4, -0.2) is 49.2 Å². The smallest absolute Gasteiger partial charge is 0.490 e. The van der Waals surface area contributed by atoms with Gasteiger partial charge in [0, 0.05) is 11.1 Å². The molecule has 3 rings (SSSR count). The number of rotatable bonds is 6. The molecule has 5 N–H and O–H groups in total. The van der Waals surface area contributed by atoms with E-state index in [1.54, 1.807) is 18.4 Å². The van der Waals surface area contributed by atoms with Crippen LogP contribution in [0.4, 0.5) is 13.2 Å². The fourth-order valence-electron chi connectivity index (χ4n) is 2.64. The number of hydrogen-bond acceptors (Lipinski definition) is 8. The minimum Gasteiger partial charge on any atom is -0.507 e. The number of thioether (sulfide) groups is 1. The molecule has 0 unspecified atom stereocenters. The van der Waals surface area contributed by atoms with Crippen LogP contribution < -0.4 is 5.73 Å². The van der Waals surface area contributed by atoms with Gasteiger partial charge in [-0.15, -0.1) is 23.1 Å². The van der Waals surface area contributed by atoms with Crippen molar-refractivity contribution in [3.05, 3.63) is 59.0 Å². The number of sulfone groups is 1. The number of amidine groups is 1. The highest BCUT2D eigenvalue weighted by atomic mass is 32.2. The Hall–Kier alpha value is -3.36. The summed E-state index contributed by atoms with van der Waals surface area (Å²) >= 11 is 2.42. The molecule has 0 atom stereocenters. The zero-order valence-electron chi connectivity index (χ0n) is 17.7. The molecule has 8 nitrogen and oxygen atoms in total. The van der Waals surface area contributed by atoms with Gasteiger partial charge in [0.2, 0.25) is 9.84 Å². The fourth-order valence-corrected chi connectivity index (χ4v) is 6.54. The zero-order chi connectivity index (χ0) is 26.6. The van der Waals surface area contributed by atoms with Gasteiger partial charge in [-0.05, 0) is 48.2 Å². The van der Waals surface area contributed by atoms with Crippen molar-refractivity contribution in [2.24, 2.45) is 5.73 Å². The fraction of sp³-hybridized carbons (Fsp3) is 0.0952. The molecule has 35 heavy (non-hydrogen) atoms. The molecule has 14 heteroatoms. The molecule has 186 valence electrons. The summed E-state index contributed by atoms with van der Waals surface area (Å²) in [7, 11) is -3.87. The standard InChI is InChI=1S/C19H16N2O4S3.C2HF3O2/c1-26-19-17(9-16(27-19)18(20)21)28(24,25)13-4-2-3-12(8-13)14-7-11(10-22)5-6-15(14)23;3-2(4,5)1(6)7/h2-10,23H,1H3,(H3,20,21);(H,6,7). The zero-order valence-corrected chi connectivity index (χ0v) is 20.1. The van der Waals surface area contributed by atoms with Gasteiger partial charge in [0.05, 0.1) is 18.9 Å². The number of phenolic OH excluding ortho intramolecular Hbond substituents is 1. The maximum absolute atomic E-state index is 13.2. The van der Waals surface area contributed by atoms with Crippen molar-refractivity contribution < 1.29 is 41.4 Å². The lowest BCUT2D eigenvalue weighted by Gasteiger charge is -2.09. The largest absolute Gasteiger partial charge is 0.507 e. The van der Waals surface area contributed by atoms with E-state index in [4.69, 9.17) is 21.0 Å². The van der Waals surface area contributed by atoms with E-state index in [2.05, 4.69) is 0 Å². The average molecular weight is 547 g/mol. The number of nitrogen functional groups attached to an aromatic ring is 1. The number of benzene rings is 2. The number of thiophene rings is 1. The topological polar surface area (TPSA) is 159 Å². The quantitative estimate of drug-likeness (QED) is 0.153. The third kappa shape index (κ3) is 6.61. The highest BCUT2D eigenvalue weighted by Gasteiger charge is 2.38. The normalized spacial score (nSPS) is 11.3. The molecule has 0 aliphatic rings. The number of aldehydes is 1. The number of hydrogen-bond donors (Lipinski definition) is 4. The van der Waals surface area contributed by atoms with E-state index < -0.39 is 22.0 Å². The average Bonchev–Trinajstić information content (AvgIpc) is 3.25. The van der Waals surface area contributed by atoms with E-state index in [-0.39, 0.29) is 21.4 Å². The molecular weight excluding hydrogens is 529 g/mol. The van der Waals surface area contributed by atoms with Gasteiger partial charge in [0.15, 0.2) is 0 Å².